The lowest BCUT2D eigenvalue weighted by Crippen LogP contribution is -2.46. The number of fused-ring (bicyclic) bond motifs is 2. The van der Waals surface area contributed by atoms with Gasteiger partial charge < -0.3 is 10.0 Å². The van der Waals surface area contributed by atoms with E-state index < -0.39 is 18.6 Å². The number of hydrogen-bond acceptors (Lipinski definition) is 3. The van der Waals surface area contributed by atoms with E-state index in [0.29, 0.717) is 13.1 Å². The Balaban J connectivity index is 1.69. The van der Waals surface area contributed by atoms with Gasteiger partial charge in [-0.05, 0) is 36.1 Å². The van der Waals surface area contributed by atoms with Crippen LogP contribution in [0.25, 0.3) is 0 Å². The molecule has 1 N–H and O–H groups in total. The van der Waals surface area contributed by atoms with Gasteiger partial charge in [-0.3, -0.25) is 9.69 Å². The molecule has 0 bridgehead atoms. The number of benzene rings is 1. The predicted molar refractivity (Wildman–Crippen MR) is 78.0 cm³/mol. The van der Waals surface area contributed by atoms with Gasteiger partial charge in [0.05, 0.1) is 6.54 Å². The molecule has 1 spiro atoms. The second-order valence-corrected chi connectivity index (χ2v) is 6.63. The van der Waals surface area contributed by atoms with E-state index >= 15 is 0 Å². The SMILES string of the molecule is CN(CC(F)(F)F)C(=O)CN1Cc2ccc(O)cc2C2(CC2)C1. The molecule has 1 aliphatic heterocycles. The summed E-state index contributed by atoms with van der Waals surface area (Å²) in [7, 11) is 1.18. The first-order valence-electron chi connectivity index (χ1n) is 7.54. The molecule has 1 saturated carbocycles. The molecule has 1 aromatic rings. The summed E-state index contributed by atoms with van der Waals surface area (Å²) in [6.07, 6.45) is -2.42. The van der Waals surface area contributed by atoms with Crippen LogP contribution in [0.4, 0.5) is 13.2 Å². The van der Waals surface area contributed by atoms with Crippen LogP contribution < -0.4 is 0 Å². The van der Waals surface area contributed by atoms with Gasteiger partial charge in [-0.25, -0.2) is 0 Å². The van der Waals surface area contributed by atoms with Gasteiger partial charge in [0.15, 0.2) is 0 Å². The normalized spacial score (nSPS) is 19.5. The lowest BCUT2D eigenvalue weighted by molar-refractivity contribution is -0.159. The Hall–Kier alpha value is -1.76. The maximum Gasteiger partial charge on any atom is 0.406 e. The van der Waals surface area contributed by atoms with Crippen LogP contribution in [0.5, 0.6) is 5.75 Å². The number of hydrogen-bond donors (Lipinski definition) is 1. The van der Waals surface area contributed by atoms with Crippen LogP contribution in [0, 0.1) is 0 Å². The minimum atomic E-state index is -4.38. The number of halogens is 3. The van der Waals surface area contributed by atoms with E-state index in [-0.39, 0.29) is 17.7 Å². The summed E-state index contributed by atoms with van der Waals surface area (Å²) in [6.45, 7) is -0.0814. The molecule has 1 aromatic carbocycles. The summed E-state index contributed by atoms with van der Waals surface area (Å²) in [4.78, 5) is 14.7. The number of nitrogens with zero attached hydrogens (tertiary/aromatic N) is 2. The van der Waals surface area contributed by atoms with E-state index in [0.717, 1.165) is 28.9 Å². The van der Waals surface area contributed by atoms with Crippen LogP contribution in [-0.4, -0.2) is 53.7 Å². The third-order valence-electron chi connectivity index (χ3n) is 4.64. The lowest BCUT2D eigenvalue weighted by atomic mass is 9.87. The van der Waals surface area contributed by atoms with Crippen LogP contribution in [0.1, 0.15) is 24.0 Å². The van der Waals surface area contributed by atoms with E-state index in [2.05, 4.69) is 0 Å². The van der Waals surface area contributed by atoms with Crippen molar-refractivity contribution in [3.05, 3.63) is 29.3 Å². The Morgan fingerprint density at radius 2 is 2.09 bits per heavy atom. The molecule has 0 radical (unpaired) electrons. The van der Waals surface area contributed by atoms with Crippen molar-refractivity contribution in [2.45, 2.75) is 31.0 Å². The molecule has 1 aliphatic carbocycles. The zero-order valence-electron chi connectivity index (χ0n) is 12.9. The first kappa shape index (κ1) is 16.1. The van der Waals surface area contributed by atoms with E-state index in [1.165, 1.54) is 7.05 Å². The third-order valence-corrected chi connectivity index (χ3v) is 4.64. The molecule has 23 heavy (non-hydrogen) atoms. The zero-order chi connectivity index (χ0) is 16.8. The van der Waals surface area contributed by atoms with Crippen molar-refractivity contribution >= 4 is 5.91 Å². The quantitative estimate of drug-likeness (QED) is 0.926. The number of phenols is 1. The van der Waals surface area contributed by atoms with Crippen molar-refractivity contribution in [3.63, 3.8) is 0 Å². The number of aromatic hydroxyl groups is 1. The lowest BCUT2D eigenvalue weighted by Gasteiger charge is -2.35. The summed E-state index contributed by atoms with van der Waals surface area (Å²) in [5.41, 5.74) is 2.11. The fourth-order valence-electron chi connectivity index (χ4n) is 3.37. The Kier molecular flexibility index (Phi) is 3.78. The molecular weight excluding hydrogens is 309 g/mol. The fourth-order valence-corrected chi connectivity index (χ4v) is 3.37. The number of likely N-dealkylation sites (N-methyl/N-ethyl adjacent to an activating group) is 1. The van der Waals surface area contributed by atoms with Crippen molar-refractivity contribution in [3.8, 4) is 5.75 Å². The highest BCUT2D eigenvalue weighted by molar-refractivity contribution is 5.78. The maximum atomic E-state index is 12.4. The first-order valence-corrected chi connectivity index (χ1v) is 7.54. The van der Waals surface area contributed by atoms with Crippen molar-refractivity contribution in [1.29, 1.82) is 0 Å². The van der Waals surface area contributed by atoms with Gasteiger partial charge in [0.2, 0.25) is 5.91 Å². The molecule has 0 aromatic heterocycles. The van der Waals surface area contributed by atoms with Crippen molar-refractivity contribution < 1.29 is 23.1 Å². The molecule has 7 heteroatoms. The number of amides is 1. The van der Waals surface area contributed by atoms with Crippen molar-refractivity contribution in [2.75, 3.05) is 26.7 Å². The highest BCUT2D eigenvalue weighted by Crippen LogP contribution is 2.52. The number of carbonyl (C=O) groups excluding carboxylic acids is 1. The van der Waals surface area contributed by atoms with Gasteiger partial charge in [-0.1, -0.05) is 6.07 Å². The Bertz CT molecular complexity index is 626. The molecule has 1 amide bonds. The largest absolute Gasteiger partial charge is 0.508 e. The molecule has 2 aliphatic rings. The van der Waals surface area contributed by atoms with Gasteiger partial charge in [0.1, 0.15) is 12.3 Å². The fraction of sp³-hybridized carbons (Fsp3) is 0.562. The first-order chi connectivity index (χ1) is 10.7. The van der Waals surface area contributed by atoms with Crippen LogP contribution in [0.15, 0.2) is 18.2 Å². The number of rotatable bonds is 3. The Morgan fingerprint density at radius 3 is 2.70 bits per heavy atom. The van der Waals surface area contributed by atoms with Crippen LogP contribution in [0.2, 0.25) is 0 Å². The average molecular weight is 328 g/mol. The molecule has 0 atom stereocenters. The Labute approximate surface area is 132 Å². The summed E-state index contributed by atoms with van der Waals surface area (Å²) in [5.74, 6) is -0.301. The highest BCUT2D eigenvalue weighted by Gasteiger charge is 2.49. The molecule has 0 unspecified atom stereocenters. The molecule has 3 rings (SSSR count). The minimum Gasteiger partial charge on any atom is -0.508 e. The molecule has 126 valence electrons. The second-order valence-electron chi connectivity index (χ2n) is 6.63. The summed E-state index contributed by atoms with van der Waals surface area (Å²) < 4.78 is 37.1. The number of alkyl halides is 3. The third kappa shape index (κ3) is 3.44. The van der Waals surface area contributed by atoms with Crippen LogP contribution in [-0.2, 0) is 16.8 Å². The predicted octanol–water partition coefficient (Wildman–Crippen LogP) is 2.26. The highest BCUT2D eigenvalue weighted by atomic mass is 19.4. The van der Waals surface area contributed by atoms with Gasteiger partial charge in [-0.15, -0.1) is 0 Å². The van der Waals surface area contributed by atoms with Crippen molar-refractivity contribution in [1.82, 2.24) is 9.80 Å². The van der Waals surface area contributed by atoms with Gasteiger partial charge in [0.25, 0.3) is 0 Å². The van der Waals surface area contributed by atoms with E-state index in [4.69, 9.17) is 0 Å². The Morgan fingerprint density at radius 1 is 1.39 bits per heavy atom. The van der Waals surface area contributed by atoms with Gasteiger partial charge >= 0.3 is 6.18 Å². The monoisotopic (exact) mass is 328 g/mol. The smallest absolute Gasteiger partial charge is 0.406 e. The molecule has 1 fully saturated rings. The molecule has 0 saturated heterocycles. The van der Waals surface area contributed by atoms with Crippen molar-refractivity contribution in [2.24, 2.45) is 0 Å². The molecular formula is C16H19F3N2O2. The van der Waals surface area contributed by atoms with Gasteiger partial charge in [0, 0.05) is 25.6 Å². The van der Waals surface area contributed by atoms with E-state index in [1.54, 1.807) is 12.1 Å². The topological polar surface area (TPSA) is 43.8 Å². The molecule has 4 nitrogen and oxygen atoms in total. The summed E-state index contributed by atoms with van der Waals surface area (Å²) >= 11 is 0. The molecule has 1 heterocycles. The second kappa shape index (κ2) is 5.40. The zero-order valence-corrected chi connectivity index (χ0v) is 12.9. The standard InChI is InChI=1S/C16H19F3N2O2/c1-20(10-16(17,18)19)14(23)8-21-7-11-2-3-12(22)6-13(11)15(9-21)4-5-15/h2-3,6,22H,4-5,7-10H2,1H3. The van der Waals surface area contributed by atoms with E-state index in [9.17, 15) is 23.1 Å². The van der Waals surface area contributed by atoms with Gasteiger partial charge in [-0.2, -0.15) is 13.2 Å². The summed E-state index contributed by atoms with van der Waals surface area (Å²) in [6, 6.07) is 5.22. The van der Waals surface area contributed by atoms with E-state index in [1.807, 2.05) is 11.0 Å². The average Bonchev–Trinajstić information content (AvgIpc) is 3.18. The number of phenolic OH excluding ortho intramolecular Hbond substituents is 1. The number of carbonyl (C=O) groups is 1. The maximum absolute atomic E-state index is 12.4. The van der Waals surface area contributed by atoms with Crippen LogP contribution >= 0.6 is 0 Å². The summed E-state index contributed by atoms with van der Waals surface area (Å²) in [5, 5.41) is 9.66. The minimum absolute atomic E-state index is 0.0192. The van der Waals surface area contributed by atoms with Crippen LogP contribution in [0.3, 0.4) is 0 Å².